The zero-order chi connectivity index (χ0) is 22.0. The van der Waals surface area contributed by atoms with Gasteiger partial charge >= 0.3 is 192 Å². The van der Waals surface area contributed by atoms with Gasteiger partial charge in [-0.1, -0.05) is 0 Å². The molecule has 0 aliphatic heterocycles. The van der Waals surface area contributed by atoms with Gasteiger partial charge in [0.15, 0.2) is 0 Å². The Morgan fingerprint density at radius 1 is 0.710 bits per heavy atom. The van der Waals surface area contributed by atoms with Crippen molar-refractivity contribution in [3.63, 3.8) is 0 Å². The summed E-state index contributed by atoms with van der Waals surface area (Å²) in [6.45, 7) is 0.818. The second-order valence-electron chi connectivity index (χ2n) is 8.34. The first-order chi connectivity index (χ1) is 15.1. The van der Waals surface area contributed by atoms with Crippen LogP contribution in [0.2, 0.25) is 0 Å². The second kappa shape index (κ2) is 10.9. The summed E-state index contributed by atoms with van der Waals surface area (Å²) in [6.07, 6.45) is 5.81. The van der Waals surface area contributed by atoms with E-state index in [1.165, 1.54) is 41.3 Å². The quantitative estimate of drug-likeness (QED) is 0.143. The number of rotatable bonds is 10. The van der Waals surface area contributed by atoms with E-state index >= 15 is 0 Å². The number of hydrazine groups is 1. The van der Waals surface area contributed by atoms with Crippen molar-refractivity contribution in [2.24, 2.45) is 5.84 Å². The van der Waals surface area contributed by atoms with Crippen LogP contribution in [-0.2, 0) is 0 Å². The third-order valence-electron chi connectivity index (χ3n) is 6.43. The van der Waals surface area contributed by atoms with Gasteiger partial charge in [-0.05, 0) is 0 Å². The fourth-order valence-electron chi connectivity index (χ4n) is 4.57. The molecule has 5 heteroatoms. The summed E-state index contributed by atoms with van der Waals surface area (Å²) < 4.78 is 0. The van der Waals surface area contributed by atoms with Crippen molar-refractivity contribution in [3.8, 4) is 0 Å². The SMILES string of the molecule is CP(CCCCCCNC(=S)NN)(c1ccccc1)(c1ccccc1)c1ccccc1. The van der Waals surface area contributed by atoms with Crippen molar-refractivity contribution in [2.45, 2.75) is 25.7 Å². The van der Waals surface area contributed by atoms with Gasteiger partial charge in [-0.2, -0.15) is 0 Å². The molecule has 0 atom stereocenters. The van der Waals surface area contributed by atoms with Gasteiger partial charge in [0, 0.05) is 0 Å². The van der Waals surface area contributed by atoms with Crippen molar-refractivity contribution in [1.82, 2.24) is 10.7 Å². The van der Waals surface area contributed by atoms with Crippen LogP contribution in [0.5, 0.6) is 0 Å². The van der Waals surface area contributed by atoms with E-state index < -0.39 is 6.60 Å². The zero-order valence-corrected chi connectivity index (χ0v) is 20.0. The van der Waals surface area contributed by atoms with E-state index in [-0.39, 0.29) is 0 Å². The van der Waals surface area contributed by atoms with Gasteiger partial charge in [0.1, 0.15) is 0 Å². The van der Waals surface area contributed by atoms with Crippen LogP contribution in [0.25, 0.3) is 0 Å². The zero-order valence-electron chi connectivity index (χ0n) is 18.3. The third-order valence-corrected chi connectivity index (χ3v) is 13.2. The van der Waals surface area contributed by atoms with Gasteiger partial charge in [0.05, 0.1) is 0 Å². The van der Waals surface area contributed by atoms with Crippen molar-refractivity contribution in [1.29, 1.82) is 0 Å². The summed E-state index contributed by atoms with van der Waals surface area (Å²) in [5, 5.41) is 8.03. The normalized spacial score (nSPS) is 12.5. The van der Waals surface area contributed by atoms with Crippen LogP contribution < -0.4 is 32.5 Å². The second-order valence-corrected chi connectivity index (χ2v) is 14.3. The van der Waals surface area contributed by atoms with Crippen LogP contribution in [0, 0.1) is 0 Å². The molecule has 31 heavy (non-hydrogen) atoms. The van der Waals surface area contributed by atoms with Crippen molar-refractivity contribution >= 4 is 39.8 Å². The average molecular weight is 452 g/mol. The van der Waals surface area contributed by atoms with Gasteiger partial charge in [0.2, 0.25) is 0 Å². The summed E-state index contributed by atoms with van der Waals surface area (Å²) >= 11 is 5.04. The first-order valence-corrected chi connectivity index (χ1v) is 14.3. The molecule has 0 heterocycles. The molecule has 3 aromatic carbocycles. The molecule has 3 aromatic rings. The number of nitrogens with one attached hydrogen (secondary N) is 2. The molecular formula is C26H34N3PS. The maximum atomic E-state index is 5.31. The monoisotopic (exact) mass is 451 g/mol. The standard InChI is InChI=1S/C26H34N3PS/c1-30(23-15-7-4-8-16-23,24-17-9-5-10-18-24,25-19-11-6-12-20-25)22-14-3-2-13-21-28-26(31)29-27/h4-12,15-20H,2-3,13-14,21-22,27H2,1H3,(H2,28,29,31). The molecule has 0 fully saturated rings. The minimum atomic E-state index is -2.59. The number of unbranched alkanes of at least 4 members (excludes halogenated alkanes) is 3. The Hall–Kier alpha value is -2.26. The molecule has 0 unspecified atom stereocenters. The molecule has 0 amide bonds. The fourth-order valence-corrected chi connectivity index (χ4v) is 10.3. The van der Waals surface area contributed by atoms with Crippen molar-refractivity contribution in [2.75, 3.05) is 19.4 Å². The van der Waals surface area contributed by atoms with E-state index in [1.54, 1.807) is 0 Å². The Labute approximate surface area is 192 Å². The van der Waals surface area contributed by atoms with E-state index in [1.807, 2.05) is 0 Å². The molecule has 0 aromatic heterocycles. The Balaban J connectivity index is 1.89. The topological polar surface area (TPSA) is 50.1 Å². The summed E-state index contributed by atoms with van der Waals surface area (Å²) in [4.78, 5) is 0. The van der Waals surface area contributed by atoms with Gasteiger partial charge in [-0.3, -0.25) is 0 Å². The molecular weight excluding hydrogens is 417 g/mol. The van der Waals surface area contributed by atoms with Gasteiger partial charge in [-0.15, -0.1) is 0 Å². The van der Waals surface area contributed by atoms with Crippen LogP contribution in [0.4, 0.5) is 0 Å². The third kappa shape index (κ3) is 5.15. The summed E-state index contributed by atoms with van der Waals surface area (Å²) in [7, 11) is 0. The summed E-state index contributed by atoms with van der Waals surface area (Å²) in [6, 6.07) is 33.5. The predicted octanol–water partition coefficient (Wildman–Crippen LogP) is 4.04. The van der Waals surface area contributed by atoms with Crippen LogP contribution in [0.15, 0.2) is 91.0 Å². The minimum absolute atomic E-state index is 0.510. The molecule has 0 saturated heterocycles. The van der Waals surface area contributed by atoms with Gasteiger partial charge in [0.25, 0.3) is 0 Å². The summed E-state index contributed by atoms with van der Waals surface area (Å²) in [5.41, 5.74) is 2.47. The number of thiocarbonyl (C=S) groups is 1. The maximum absolute atomic E-state index is 5.31. The van der Waals surface area contributed by atoms with Crippen LogP contribution in [0.1, 0.15) is 25.7 Å². The number of benzene rings is 3. The number of hydrogen-bond acceptors (Lipinski definition) is 2. The predicted molar refractivity (Wildman–Crippen MR) is 142 cm³/mol. The van der Waals surface area contributed by atoms with Crippen molar-refractivity contribution < 1.29 is 0 Å². The Bertz CT molecular complexity index is 849. The number of nitrogens with two attached hydrogens (primary N) is 1. The Kier molecular flexibility index (Phi) is 8.20. The molecule has 0 spiro atoms. The molecule has 4 N–H and O–H groups in total. The van der Waals surface area contributed by atoms with Crippen LogP contribution in [0.3, 0.4) is 0 Å². The van der Waals surface area contributed by atoms with E-state index in [2.05, 4.69) is 108 Å². The van der Waals surface area contributed by atoms with E-state index in [4.69, 9.17) is 18.1 Å². The molecule has 0 radical (unpaired) electrons. The number of hydrogen-bond donors (Lipinski definition) is 3. The molecule has 0 bridgehead atoms. The fraction of sp³-hybridized carbons (Fsp3) is 0.269. The van der Waals surface area contributed by atoms with Crippen LogP contribution in [-0.4, -0.2) is 24.5 Å². The first kappa shape index (κ1) is 23.4. The van der Waals surface area contributed by atoms with Gasteiger partial charge < -0.3 is 0 Å². The molecule has 3 rings (SSSR count). The Morgan fingerprint density at radius 3 is 1.55 bits per heavy atom. The molecule has 3 nitrogen and oxygen atoms in total. The van der Waals surface area contributed by atoms with E-state index in [0.29, 0.717) is 5.11 Å². The molecule has 0 aliphatic carbocycles. The summed E-state index contributed by atoms with van der Waals surface area (Å²) in [5.74, 6) is 5.31. The van der Waals surface area contributed by atoms with E-state index in [9.17, 15) is 0 Å². The van der Waals surface area contributed by atoms with Crippen molar-refractivity contribution in [3.05, 3.63) is 91.0 Å². The molecule has 0 saturated carbocycles. The van der Waals surface area contributed by atoms with Crippen LogP contribution >= 0.6 is 18.8 Å². The van der Waals surface area contributed by atoms with E-state index in [0.717, 1.165) is 13.0 Å². The average Bonchev–Trinajstić information content (AvgIpc) is 2.85. The molecule has 164 valence electrons. The molecule has 0 aliphatic rings. The first-order valence-electron chi connectivity index (χ1n) is 11.0. The Morgan fingerprint density at radius 2 is 1.13 bits per heavy atom. The van der Waals surface area contributed by atoms with Gasteiger partial charge in [-0.25, -0.2) is 0 Å².